The molecule has 2 aromatic carbocycles. The molecule has 6 heteroatoms. The Labute approximate surface area is 176 Å². The van der Waals surface area contributed by atoms with Gasteiger partial charge in [-0.25, -0.2) is 0 Å². The number of amides is 1. The number of likely N-dealkylation sites (tertiary alicyclic amines) is 1. The van der Waals surface area contributed by atoms with Gasteiger partial charge in [0.25, 0.3) is 0 Å². The van der Waals surface area contributed by atoms with Gasteiger partial charge in [-0.2, -0.15) is 4.98 Å². The molecule has 0 aliphatic carbocycles. The summed E-state index contributed by atoms with van der Waals surface area (Å²) >= 11 is 0. The second kappa shape index (κ2) is 9.11. The quantitative estimate of drug-likeness (QED) is 0.548. The zero-order valence-corrected chi connectivity index (χ0v) is 17.5. The minimum atomic E-state index is -0.0687. The Morgan fingerprint density at radius 2 is 1.80 bits per heavy atom. The summed E-state index contributed by atoms with van der Waals surface area (Å²) in [6, 6.07) is 16.1. The van der Waals surface area contributed by atoms with Gasteiger partial charge in [-0.05, 0) is 36.1 Å². The van der Waals surface area contributed by atoms with Crippen molar-refractivity contribution in [2.24, 2.45) is 0 Å². The molecular weight excluding hydrogens is 378 g/mol. The molecule has 0 N–H and O–H groups in total. The van der Waals surface area contributed by atoms with Crippen molar-refractivity contribution in [2.45, 2.75) is 45.6 Å². The lowest BCUT2D eigenvalue weighted by Gasteiger charge is -2.16. The third-order valence-corrected chi connectivity index (χ3v) is 5.40. The zero-order chi connectivity index (χ0) is 20.9. The van der Waals surface area contributed by atoms with Crippen molar-refractivity contribution in [1.82, 2.24) is 15.0 Å². The third kappa shape index (κ3) is 4.53. The van der Waals surface area contributed by atoms with Crippen LogP contribution in [0, 0.1) is 0 Å². The number of aromatic nitrogens is 2. The summed E-state index contributed by atoms with van der Waals surface area (Å²) in [7, 11) is 0. The molecule has 1 amide bonds. The maximum atomic E-state index is 12.5. The van der Waals surface area contributed by atoms with Crippen LogP contribution in [0.2, 0.25) is 0 Å². The molecule has 30 heavy (non-hydrogen) atoms. The lowest BCUT2D eigenvalue weighted by atomic mass is 10.1. The monoisotopic (exact) mass is 405 g/mol. The summed E-state index contributed by atoms with van der Waals surface area (Å²) in [5, 5.41) is 4.12. The van der Waals surface area contributed by atoms with E-state index in [1.54, 1.807) is 0 Å². The molecule has 4 rings (SSSR count). The summed E-state index contributed by atoms with van der Waals surface area (Å²) in [5.41, 5.74) is 3.27. The average Bonchev–Trinajstić information content (AvgIpc) is 3.41. The van der Waals surface area contributed by atoms with Crippen LogP contribution in [0.4, 0.5) is 0 Å². The number of ether oxygens (including phenoxy) is 1. The first-order valence-corrected chi connectivity index (χ1v) is 10.6. The number of hydrogen-bond donors (Lipinski definition) is 0. The van der Waals surface area contributed by atoms with Gasteiger partial charge in [-0.1, -0.05) is 55.4 Å². The number of carbonyl (C=O) groups excluding carboxylic acids is 1. The fourth-order valence-corrected chi connectivity index (χ4v) is 3.63. The fourth-order valence-electron chi connectivity index (χ4n) is 3.63. The van der Waals surface area contributed by atoms with Gasteiger partial charge in [0.1, 0.15) is 5.75 Å². The maximum Gasteiger partial charge on any atom is 0.232 e. The number of aryl methyl sites for hydroxylation is 1. The van der Waals surface area contributed by atoms with Gasteiger partial charge < -0.3 is 14.2 Å². The molecule has 0 spiro atoms. The summed E-state index contributed by atoms with van der Waals surface area (Å²) < 4.78 is 11.1. The van der Waals surface area contributed by atoms with Crippen LogP contribution in [0.25, 0.3) is 11.4 Å². The molecule has 2 heterocycles. The number of benzene rings is 2. The van der Waals surface area contributed by atoms with Crippen molar-refractivity contribution in [3.05, 3.63) is 65.5 Å². The average molecular weight is 405 g/mol. The first-order valence-electron chi connectivity index (χ1n) is 10.6. The van der Waals surface area contributed by atoms with Crippen LogP contribution in [0.3, 0.4) is 0 Å². The van der Waals surface area contributed by atoms with Crippen molar-refractivity contribution in [2.75, 3.05) is 13.2 Å². The largest absolute Gasteiger partial charge is 0.494 e. The number of carbonyl (C=O) groups is 1. The molecule has 1 unspecified atom stereocenters. The topological polar surface area (TPSA) is 68.5 Å². The van der Waals surface area contributed by atoms with Crippen molar-refractivity contribution in [1.29, 1.82) is 0 Å². The molecule has 3 aromatic rings. The van der Waals surface area contributed by atoms with Crippen LogP contribution in [0.5, 0.6) is 5.75 Å². The Morgan fingerprint density at radius 1 is 1.07 bits per heavy atom. The summed E-state index contributed by atoms with van der Waals surface area (Å²) in [6.07, 6.45) is 2.37. The Bertz CT molecular complexity index is 980. The van der Waals surface area contributed by atoms with Crippen LogP contribution in [0.1, 0.15) is 49.6 Å². The van der Waals surface area contributed by atoms with E-state index >= 15 is 0 Å². The van der Waals surface area contributed by atoms with Crippen LogP contribution >= 0.6 is 0 Å². The van der Waals surface area contributed by atoms with Gasteiger partial charge in [0.05, 0.1) is 12.5 Å². The maximum absolute atomic E-state index is 12.5. The van der Waals surface area contributed by atoms with Gasteiger partial charge in [0.2, 0.25) is 17.6 Å². The minimum Gasteiger partial charge on any atom is -0.494 e. The van der Waals surface area contributed by atoms with Gasteiger partial charge in [0.15, 0.2) is 0 Å². The van der Waals surface area contributed by atoms with E-state index in [0.29, 0.717) is 37.8 Å². The van der Waals surface area contributed by atoms with Crippen molar-refractivity contribution in [3.63, 3.8) is 0 Å². The Balaban J connectivity index is 1.39. The van der Waals surface area contributed by atoms with Gasteiger partial charge in [-0.15, -0.1) is 0 Å². The van der Waals surface area contributed by atoms with Crippen LogP contribution in [-0.2, 0) is 17.8 Å². The molecule has 0 radical (unpaired) electrons. The molecular formula is C24H27N3O3. The van der Waals surface area contributed by atoms with E-state index in [0.717, 1.165) is 29.7 Å². The molecule has 1 atom stereocenters. The fraction of sp³-hybridized carbons (Fsp3) is 0.375. The third-order valence-electron chi connectivity index (χ3n) is 5.40. The number of rotatable bonds is 8. The van der Waals surface area contributed by atoms with Crippen LogP contribution in [-0.4, -0.2) is 34.1 Å². The van der Waals surface area contributed by atoms with Crippen molar-refractivity contribution >= 4 is 5.91 Å². The summed E-state index contributed by atoms with van der Waals surface area (Å²) in [6.45, 7) is 6.07. The smallest absolute Gasteiger partial charge is 0.232 e. The van der Waals surface area contributed by atoms with Crippen LogP contribution in [0.15, 0.2) is 53.1 Å². The minimum absolute atomic E-state index is 0.0687. The zero-order valence-electron chi connectivity index (χ0n) is 17.5. The molecule has 6 nitrogen and oxygen atoms in total. The lowest BCUT2D eigenvalue weighted by Crippen LogP contribution is -2.24. The molecule has 1 fully saturated rings. The summed E-state index contributed by atoms with van der Waals surface area (Å²) in [5.74, 6) is 2.00. The van der Waals surface area contributed by atoms with Crippen molar-refractivity contribution in [3.8, 4) is 17.1 Å². The van der Waals surface area contributed by atoms with E-state index in [-0.39, 0.29) is 11.8 Å². The molecule has 1 saturated heterocycles. The highest BCUT2D eigenvalue weighted by Crippen LogP contribution is 2.30. The first kappa shape index (κ1) is 20.1. The van der Waals surface area contributed by atoms with E-state index in [1.165, 1.54) is 5.56 Å². The SMILES string of the molecule is CCCOc1ccc(CN2CC(c3nc(-c4ccc(CC)cc4)no3)CC2=O)cc1. The second-order valence-electron chi connectivity index (χ2n) is 7.67. The van der Waals surface area contributed by atoms with Gasteiger partial charge >= 0.3 is 0 Å². The Hall–Kier alpha value is -3.15. The summed E-state index contributed by atoms with van der Waals surface area (Å²) in [4.78, 5) is 18.9. The van der Waals surface area contributed by atoms with Crippen molar-refractivity contribution < 1.29 is 14.1 Å². The molecule has 1 aromatic heterocycles. The molecule has 156 valence electrons. The normalized spacial score (nSPS) is 16.3. The molecule has 0 bridgehead atoms. The predicted octanol–water partition coefficient (Wildman–Crippen LogP) is 4.60. The van der Waals surface area contributed by atoms with E-state index in [1.807, 2.05) is 41.3 Å². The van der Waals surface area contributed by atoms with Gasteiger partial charge in [0, 0.05) is 25.1 Å². The van der Waals surface area contributed by atoms with E-state index in [2.05, 4.69) is 36.1 Å². The van der Waals surface area contributed by atoms with E-state index in [4.69, 9.17) is 9.26 Å². The predicted molar refractivity (Wildman–Crippen MR) is 114 cm³/mol. The number of hydrogen-bond acceptors (Lipinski definition) is 5. The second-order valence-corrected chi connectivity index (χ2v) is 7.67. The highest BCUT2D eigenvalue weighted by atomic mass is 16.5. The molecule has 0 saturated carbocycles. The number of nitrogens with zero attached hydrogens (tertiary/aromatic N) is 3. The van der Waals surface area contributed by atoms with Gasteiger partial charge in [-0.3, -0.25) is 4.79 Å². The van der Waals surface area contributed by atoms with E-state index in [9.17, 15) is 4.79 Å². The van der Waals surface area contributed by atoms with E-state index < -0.39 is 0 Å². The Morgan fingerprint density at radius 3 is 2.50 bits per heavy atom. The molecule has 1 aliphatic rings. The highest BCUT2D eigenvalue weighted by molar-refractivity contribution is 5.79. The standard InChI is InChI=1S/C24H27N3O3/c1-3-13-29-21-11-7-18(8-12-21)15-27-16-20(14-22(27)28)24-25-23(26-30-24)19-9-5-17(4-2)6-10-19/h5-12,20H,3-4,13-16H2,1-2H3. The Kier molecular flexibility index (Phi) is 6.12. The first-order chi connectivity index (χ1) is 14.7. The van der Waals surface area contributed by atoms with Crippen LogP contribution < -0.4 is 4.74 Å². The lowest BCUT2D eigenvalue weighted by molar-refractivity contribution is -0.128. The molecule has 1 aliphatic heterocycles. The highest BCUT2D eigenvalue weighted by Gasteiger charge is 2.34.